The van der Waals surface area contributed by atoms with Crippen LogP contribution in [-0.4, -0.2) is 29.9 Å². The molecule has 27 heavy (non-hydrogen) atoms. The van der Waals surface area contributed by atoms with E-state index < -0.39 is 10.1 Å². The van der Waals surface area contributed by atoms with Gasteiger partial charge < -0.3 is 5.11 Å². The summed E-state index contributed by atoms with van der Waals surface area (Å²) in [6, 6.07) is 0. The van der Waals surface area contributed by atoms with Gasteiger partial charge in [-0.3, -0.25) is 4.55 Å². The third kappa shape index (κ3) is 23.8. The third-order valence-corrected chi connectivity index (χ3v) is 6.14. The summed E-state index contributed by atoms with van der Waals surface area (Å²) in [5.41, 5.74) is 0. The van der Waals surface area contributed by atoms with Gasteiger partial charge in [0.25, 0.3) is 10.1 Å². The summed E-state index contributed by atoms with van der Waals surface area (Å²) in [5.74, 6) is -0.0907. The van der Waals surface area contributed by atoms with E-state index in [2.05, 4.69) is 6.92 Å². The summed E-state index contributed by atoms with van der Waals surface area (Å²) in [5, 5.41) is 9.88. The molecule has 0 saturated heterocycles. The molecule has 0 aromatic carbocycles. The van der Waals surface area contributed by atoms with Crippen molar-refractivity contribution in [3.8, 4) is 0 Å². The fraction of sp³-hybridized carbons (Fsp3) is 1.00. The predicted octanol–water partition coefficient (Wildman–Crippen LogP) is 6.67. The SMILES string of the molecule is CCCCCC(O)CCCCCCCCCCCCCCCCS(=O)(=O)O. The highest BCUT2D eigenvalue weighted by molar-refractivity contribution is 7.85. The van der Waals surface area contributed by atoms with Crippen LogP contribution in [0.4, 0.5) is 0 Å². The largest absolute Gasteiger partial charge is 0.393 e. The van der Waals surface area contributed by atoms with Gasteiger partial charge in [-0.05, 0) is 19.3 Å². The van der Waals surface area contributed by atoms with E-state index in [0.29, 0.717) is 6.42 Å². The van der Waals surface area contributed by atoms with Crippen molar-refractivity contribution >= 4 is 10.1 Å². The first-order valence-corrected chi connectivity index (χ1v) is 13.2. The molecular formula is C22H46O4S. The van der Waals surface area contributed by atoms with Crippen LogP contribution in [0.5, 0.6) is 0 Å². The monoisotopic (exact) mass is 406 g/mol. The Morgan fingerprint density at radius 3 is 1.30 bits per heavy atom. The van der Waals surface area contributed by atoms with Gasteiger partial charge >= 0.3 is 0 Å². The van der Waals surface area contributed by atoms with Crippen LogP contribution < -0.4 is 0 Å². The van der Waals surface area contributed by atoms with Gasteiger partial charge in [0.15, 0.2) is 0 Å². The fourth-order valence-corrected chi connectivity index (χ4v) is 4.13. The first-order valence-electron chi connectivity index (χ1n) is 11.6. The lowest BCUT2D eigenvalue weighted by Gasteiger charge is -2.09. The van der Waals surface area contributed by atoms with Crippen LogP contribution in [0.1, 0.15) is 129 Å². The van der Waals surface area contributed by atoms with Crippen molar-refractivity contribution in [3.05, 3.63) is 0 Å². The van der Waals surface area contributed by atoms with E-state index in [4.69, 9.17) is 4.55 Å². The molecule has 0 amide bonds. The average Bonchev–Trinajstić information content (AvgIpc) is 2.60. The number of aliphatic hydroxyl groups excluding tert-OH is 1. The van der Waals surface area contributed by atoms with Crippen molar-refractivity contribution < 1.29 is 18.1 Å². The van der Waals surface area contributed by atoms with Crippen LogP contribution in [0.3, 0.4) is 0 Å². The molecule has 0 bridgehead atoms. The topological polar surface area (TPSA) is 74.6 Å². The van der Waals surface area contributed by atoms with Gasteiger partial charge in [-0.15, -0.1) is 0 Å². The average molecular weight is 407 g/mol. The molecule has 2 N–H and O–H groups in total. The maximum atomic E-state index is 10.6. The maximum absolute atomic E-state index is 10.6. The van der Waals surface area contributed by atoms with Crippen LogP contribution in [0.25, 0.3) is 0 Å². The molecule has 1 unspecified atom stereocenters. The lowest BCUT2D eigenvalue weighted by molar-refractivity contribution is 0.147. The van der Waals surface area contributed by atoms with Crippen molar-refractivity contribution in [2.45, 2.75) is 135 Å². The Morgan fingerprint density at radius 2 is 0.926 bits per heavy atom. The number of hydrogen-bond donors (Lipinski definition) is 2. The fourth-order valence-electron chi connectivity index (χ4n) is 3.56. The molecule has 0 aromatic heterocycles. The maximum Gasteiger partial charge on any atom is 0.264 e. The number of unbranched alkanes of at least 4 members (excludes halogenated alkanes) is 15. The Kier molecular flexibility index (Phi) is 19.1. The molecular weight excluding hydrogens is 360 g/mol. The van der Waals surface area contributed by atoms with E-state index in [0.717, 1.165) is 25.7 Å². The van der Waals surface area contributed by atoms with Crippen molar-refractivity contribution in [2.24, 2.45) is 0 Å². The molecule has 164 valence electrons. The Balaban J connectivity index is 3.13. The summed E-state index contributed by atoms with van der Waals surface area (Å²) in [7, 11) is -3.76. The van der Waals surface area contributed by atoms with Crippen LogP contribution in [-0.2, 0) is 10.1 Å². The van der Waals surface area contributed by atoms with E-state index in [1.165, 1.54) is 89.9 Å². The van der Waals surface area contributed by atoms with Crippen molar-refractivity contribution in [3.63, 3.8) is 0 Å². The minimum absolute atomic E-state index is 0.0701. The van der Waals surface area contributed by atoms with Gasteiger partial charge in [0, 0.05) is 0 Å². The molecule has 0 heterocycles. The van der Waals surface area contributed by atoms with Crippen molar-refractivity contribution in [1.82, 2.24) is 0 Å². The van der Waals surface area contributed by atoms with Crippen LogP contribution in [0.15, 0.2) is 0 Å². The molecule has 4 nitrogen and oxygen atoms in total. The smallest absolute Gasteiger partial charge is 0.264 e. The van der Waals surface area contributed by atoms with Gasteiger partial charge in [0.2, 0.25) is 0 Å². The van der Waals surface area contributed by atoms with Crippen molar-refractivity contribution in [2.75, 3.05) is 5.75 Å². The molecule has 0 aliphatic heterocycles. The second-order valence-corrected chi connectivity index (χ2v) is 9.75. The highest BCUT2D eigenvalue weighted by Crippen LogP contribution is 2.15. The second kappa shape index (κ2) is 19.2. The molecule has 0 rings (SSSR count). The Hall–Kier alpha value is -0.130. The zero-order valence-electron chi connectivity index (χ0n) is 17.8. The second-order valence-electron chi connectivity index (χ2n) is 8.17. The molecule has 0 radical (unpaired) electrons. The first kappa shape index (κ1) is 26.9. The van der Waals surface area contributed by atoms with Crippen LogP contribution in [0.2, 0.25) is 0 Å². The lowest BCUT2D eigenvalue weighted by atomic mass is 10.0. The minimum Gasteiger partial charge on any atom is -0.393 e. The van der Waals surface area contributed by atoms with E-state index in [1.807, 2.05) is 0 Å². The lowest BCUT2D eigenvalue weighted by Crippen LogP contribution is -2.05. The van der Waals surface area contributed by atoms with Gasteiger partial charge in [-0.2, -0.15) is 8.42 Å². The first-order chi connectivity index (χ1) is 13.0. The van der Waals surface area contributed by atoms with Gasteiger partial charge in [0.1, 0.15) is 0 Å². The summed E-state index contributed by atoms with van der Waals surface area (Å²) in [4.78, 5) is 0. The third-order valence-electron chi connectivity index (χ3n) is 5.33. The molecule has 5 heteroatoms. The van der Waals surface area contributed by atoms with Crippen LogP contribution >= 0.6 is 0 Å². The molecule has 0 aliphatic rings. The number of rotatable bonds is 21. The molecule has 0 aliphatic carbocycles. The quantitative estimate of drug-likeness (QED) is 0.165. The van der Waals surface area contributed by atoms with Gasteiger partial charge in [-0.25, -0.2) is 0 Å². The van der Waals surface area contributed by atoms with Gasteiger partial charge in [0.05, 0.1) is 11.9 Å². The van der Waals surface area contributed by atoms with Gasteiger partial charge in [-0.1, -0.05) is 110 Å². The molecule has 0 fully saturated rings. The normalized spacial score (nSPS) is 13.1. The minimum atomic E-state index is -3.76. The Morgan fingerprint density at radius 1 is 0.593 bits per heavy atom. The van der Waals surface area contributed by atoms with E-state index in [1.54, 1.807) is 0 Å². The van der Waals surface area contributed by atoms with Crippen molar-refractivity contribution in [1.29, 1.82) is 0 Å². The zero-order valence-corrected chi connectivity index (χ0v) is 18.7. The molecule has 0 spiro atoms. The summed E-state index contributed by atoms with van der Waals surface area (Å²) in [6.07, 6.45) is 22.2. The summed E-state index contributed by atoms with van der Waals surface area (Å²) < 4.78 is 29.8. The zero-order chi connectivity index (χ0) is 20.2. The van der Waals surface area contributed by atoms with E-state index in [-0.39, 0.29) is 11.9 Å². The highest BCUT2D eigenvalue weighted by Gasteiger charge is 2.04. The molecule has 0 aromatic rings. The molecule has 1 atom stereocenters. The van der Waals surface area contributed by atoms with Crippen LogP contribution in [0, 0.1) is 0 Å². The predicted molar refractivity (Wildman–Crippen MR) is 116 cm³/mol. The highest BCUT2D eigenvalue weighted by atomic mass is 32.2. The Labute approximate surface area is 169 Å². The van der Waals surface area contributed by atoms with E-state index in [9.17, 15) is 13.5 Å². The van der Waals surface area contributed by atoms with E-state index >= 15 is 0 Å². The standard InChI is InChI=1S/C22H46O4S/c1-2-3-16-19-22(23)20-17-14-12-10-8-6-4-5-7-9-11-13-15-18-21-27(24,25)26/h22-23H,2-21H2,1H3,(H,24,25,26). The number of hydrogen-bond acceptors (Lipinski definition) is 3. The Bertz CT molecular complexity index is 395. The molecule has 0 saturated carbocycles. The summed E-state index contributed by atoms with van der Waals surface area (Å²) >= 11 is 0. The summed E-state index contributed by atoms with van der Waals surface area (Å²) in [6.45, 7) is 2.20. The number of aliphatic hydroxyl groups is 1.